The third kappa shape index (κ3) is 38.7. The normalized spacial score (nSPS) is 19.3. The molecule has 0 bridgehead atoms. The Bertz CT molecular complexity index is 1160. The highest BCUT2D eigenvalue weighted by Gasteiger charge is 2.44. The van der Waals surface area contributed by atoms with E-state index in [1.165, 1.54) is 186 Å². The molecule has 0 saturated carbocycles. The maximum Gasteiger partial charge on any atom is 0.305 e. The van der Waals surface area contributed by atoms with E-state index in [9.17, 15) is 35.1 Å². The largest absolute Gasteiger partial charge is 0.466 e. The Morgan fingerprint density at radius 2 is 0.913 bits per heavy atom. The molecule has 0 spiro atoms. The number of ether oxygens (including phenoxy) is 3. The first-order valence-electron chi connectivity index (χ1n) is 29.5. The molecule has 69 heavy (non-hydrogen) atoms. The summed E-state index contributed by atoms with van der Waals surface area (Å²) in [6.07, 6.45) is 46.0. The molecule has 1 amide bonds. The fraction of sp³-hybridized carbons (Fsp3) is 0.931. The number of unbranched alkanes of at least 4 members (excludes halogenated alkanes) is 37. The zero-order valence-electron chi connectivity index (χ0n) is 44.8. The van der Waals surface area contributed by atoms with Gasteiger partial charge >= 0.3 is 5.97 Å². The lowest BCUT2D eigenvalue weighted by atomic mass is 9.99. The molecule has 7 atom stereocenters. The summed E-state index contributed by atoms with van der Waals surface area (Å²) in [6, 6.07) is -0.812. The second-order valence-corrected chi connectivity index (χ2v) is 20.7. The van der Waals surface area contributed by atoms with E-state index in [4.69, 9.17) is 14.2 Å². The van der Waals surface area contributed by atoms with Gasteiger partial charge in [-0.1, -0.05) is 251 Å². The number of carbonyl (C=O) groups is 2. The van der Waals surface area contributed by atoms with Gasteiger partial charge in [0.15, 0.2) is 6.29 Å². The van der Waals surface area contributed by atoms with Crippen LogP contribution in [0.1, 0.15) is 284 Å². The highest BCUT2D eigenvalue weighted by Crippen LogP contribution is 2.23. The SMILES string of the molecule is CCCCCCCCC/C=C/C(O)C(COC1OC(CO)C(O)C(O)C1O)NC(=O)CCCCCCCCCCCCCCCCCCOC(=O)CCCCCCCCCCCCCCCCCC. The molecule has 0 aromatic carbocycles. The lowest BCUT2D eigenvalue weighted by Gasteiger charge is -2.40. The molecule has 7 unspecified atom stereocenters. The van der Waals surface area contributed by atoms with Gasteiger partial charge in [-0.25, -0.2) is 0 Å². The molecule has 11 heteroatoms. The molecule has 0 aliphatic carbocycles. The van der Waals surface area contributed by atoms with Crippen molar-refractivity contribution in [3.8, 4) is 0 Å². The van der Waals surface area contributed by atoms with Crippen molar-refractivity contribution in [2.24, 2.45) is 0 Å². The first kappa shape index (κ1) is 65.4. The van der Waals surface area contributed by atoms with E-state index in [2.05, 4.69) is 19.2 Å². The molecule has 0 aromatic rings. The van der Waals surface area contributed by atoms with Crippen LogP contribution in [0, 0.1) is 0 Å². The van der Waals surface area contributed by atoms with Crippen LogP contribution in [0.4, 0.5) is 0 Å². The predicted molar refractivity (Wildman–Crippen MR) is 283 cm³/mol. The fourth-order valence-corrected chi connectivity index (χ4v) is 9.44. The number of aliphatic hydroxyl groups is 5. The van der Waals surface area contributed by atoms with Gasteiger partial charge in [-0.15, -0.1) is 0 Å². The number of aliphatic hydroxyl groups excluding tert-OH is 5. The van der Waals surface area contributed by atoms with Crippen LogP contribution in [0.2, 0.25) is 0 Å². The number of carbonyl (C=O) groups excluding carboxylic acids is 2. The predicted octanol–water partition coefficient (Wildman–Crippen LogP) is 13.2. The van der Waals surface area contributed by atoms with Gasteiger partial charge in [0.2, 0.25) is 5.91 Å². The number of allylic oxidation sites excluding steroid dienone is 1. The van der Waals surface area contributed by atoms with E-state index in [1.807, 2.05) is 6.08 Å². The van der Waals surface area contributed by atoms with Crippen molar-refractivity contribution in [2.75, 3.05) is 19.8 Å². The number of esters is 1. The number of amides is 1. The van der Waals surface area contributed by atoms with Crippen LogP contribution < -0.4 is 5.32 Å². The van der Waals surface area contributed by atoms with Gasteiger partial charge in [0.1, 0.15) is 24.4 Å². The Hall–Kier alpha value is -1.60. The van der Waals surface area contributed by atoms with Crippen molar-refractivity contribution in [1.82, 2.24) is 5.32 Å². The minimum Gasteiger partial charge on any atom is -0.466 e. The Labute approximate surface area is 423 Å². The summed E-state index contributed by atoms with van der Waals surface area (Å²) in [5.74, 6) is -0.201. The standard InChI is InChI=1S/C58H111NO10/c1-3-5-7-9-11-13-14-15-16-20-23-26-30-34-38-42-46-54(63)67-47-43-39-35-31-27-24-21-18-17-19-22-25-29-33-37-41-45-53(62)59-50(51(61)44-40-36-32-28-12-10-8-6-4-2)49-68-58-57(66)56(65)55(64)52(48-60)69-58/h40,44,50-52,55-58,60-61,64-66H,3-39,41-43,45-49H2,1-2H3,(H,59,62)/b44-40+. The van der Waals surface area contributed by atoms with E-state index in [1.54, 1.807) is 6.08 Å². The highest BCUT2D eigenvalue weighted by molar-refractivity contribution is 5.76. The number of rotatable bonds is 51. The van der Waals surface area contributed by atoms with Gasteiger partial charge in [0, 0.05) is 12.8 Å². The molecule has 6 N–H and O–H groups in total. The van der Waals surface area contributed by atoms with E-state index in [0.29, 0.717) is 19.4 Å². The van der Waals surface area contributed by atoms with Gasteiger partial charge < -0.3 is 45.1 Å². The molecule has 1 aliphatic heterocycles. The van der Waals surface area contributed by atoms with E-state index < -0.39 is 49.5 Å². The summed E-state index contributed by atoms with van der Waals surface area (Å²) in [4.78, 5) is 25.1. The lowest BCUT2D eigenvalue weighted by molar-refractivity contribution is -0.302. The summed E-state index contributed by atoms with van der Waals surface area (Å²) in [5, 5.41) is 54.2. The van der Waals surface area contributed by atoms with Gasteiger partial charge in [0.05, 0.1) is 32.0 Å². The summed E-state index contributed by atoms with van der Waals surface area (Å²) in [6.45, 7) is 4.31. The summed E-state index contributed by atoms with van der Waals surface area (Å²) in [7, 11) is 0. The van der Waals surface area contributed by atoms with Crippen LogP contribution in [-0.2, 0) is 23.8 Å². The first-order chi connectivity index (χ1) is 33.7. The van der Waals surface area contributed by atoms with Crippen LogP contribution in [0.5, 0.6) is 0 Å². The molecule has 1 aliphatic rings. The van der Waals surface area contributed by atoms with Crippen molar-refractivity contribution >= 4 is 11.9 Å². The Morgan fingerprint density at radius 3 is 1.35 bits per heavy atom. The Morgan fingerprint density at radius 1 is 0.522 bits per heavy atom. The number of hydrogen-bond donors (Lipinski definition) is 6. The van der Waals surface area contributed by atoms with Crippen LogP contribution in [0.15, 0.2) is 12.2 Å². The van der Waals surface area contributed by atoms with Gasteiger partial charge in [-0.2, -0.15) is 0 Å². The van der Waals surface area contributed by atoms with Crippen molar-refractivity contribution in [3.63, 3.8) is 0 Å². The molecule has 1 fully saturated rings. The molecule has 11 nitrogen and oxygen atoms in total. The van der Waals surface area contributed by atoms with Crippen molar-refractivity contribution < 1.29 is 49.3 Å². The van der Waals surface area contributed by atoms with Crippen LogP contribution >= 0.6 is 0 Å². The molecule has 0 aromatic heterocycles. The second kappa shape index (κ2) is 48.7. The molecule has 0 radical (unpaired) electrons. The van der Waals surface area contributed by atoms with Crippen molar-refractivity contribution in [3.05, 3.63) is 12.2 Å². The van der Waals surface area contributed by atoms with Gasteiger partial charge in [-0.05, 0) is 32.1 Å². The summed E-state index contributed by atoms with van der Waals surface area (Å²) in [5.41, 5.74) is 0. The number of nitrogens with one attached hydrogen (secondary N) is 1. The minimum absolute atomic E-state index is 0.0111. The average molecular weight is 983 g/mol. The van der Waals surface area contributed by atoms with Crippen LogP contribution in [-0.4, -0.2) is 100 Å². The van der Waals surface area contributed by atoms with E-state index in [0.717, 1.165) is 70.6 Å². The zero-order chi connectivity index (χ0) is 50.3. The second-order valence-electron chi connectivity index (χ2n) is 20.7. The Kier molecular flexibility index (Phi) is 46.1. The smallest absolute Gasteiger partial charge is 0.305 e. The third-order valence-electron chi connectivity index (χ3n) is 14.2. The maximum absolute atomic E-state index is 13.0. The Balaban J connectivity index is 2.02. The molecular weight excluding hydrogens is 871 g/mol. The van der Waals surface area contributed by atoms with E-state index in [-0.39, 0.29) is 18.5 Å². The highest BCUT2D eigenvalue weighted by atomic mass is 16.7. The monoisotopic (exact) mass is 982 g/mol. The van der Waals surface area contributed by atoms with Crippen LogP contribution in [0.3, 0.4) is 0 Å². The summed E-state index contributed by atoms with van der Waals surface area (Å²) < 4.78 is 16.7. The van der Waals surface area contributed by atoms with Gasteiger partial charge in [-0.3, -0.25) is 9.59 Å². The lowest BCUT2D eigenvalue weighted by Crippen LogP contribution is -2.60. The van der Waals surface area contributed by atoms with Crippen molar-refractivity contribution in [1.29, 1.82) is 0 Å². The summed E-state index contributed by atoms with van der Waals surface area (Å²) >= 11 is 0. The van der Waals surface area contributed by atoms with Gasteiger partial charge in [0.25, 0.3) is 0 Å². The topological polar surface area (TPSA) is 175 Å². The van der Waals surface area contributed by atoms with E-state index >= 15 is 0 Å². The zero-order valence-corrected chi connectivity index (χ0v) is 44.8. The molecule has 1 saturated heterocycles. The quantitative estimate of drug-likeness (QED) is 0.0195. The third-order valence-corrected chi connectivity index (χ3v) is 14.2. The van der Waals surface area contributed by atoms with Crippen LogP contribution in [0.25, 0.3) is 0 Å². The average Bonchev–Trinajstić information content (AvgIpc) is 3.34. The molecule has 1 heterocycles. The molecular formula is C58H111NO10. The number of hydrogen-bond acceptors (Lipinski definition) is 10. The maximum atomic E-state index is 13.0. The first-order valence-corrected chi connectivity index (χ1v) is 29.5. The molecule has 408 valence electrons. The fourth-order valence-electron chi connectivity index (χ4n) is 9.44. The molecule has 1 rings (SSSR count). The van der Waals surface area contributed by atoms with Crippen molar-refractivity contribution in [2.45, 2.75) is 326 Å². The minimum atomic E-state index is -1.57.